The van der Waals surface area contributed by atoms with Crippen molar-refractivity contribution in [2.24, 2.45) is 0 Å². The van der Waals surface area contributed by atoms with Crippen LogP contribution in [0.1, 0.15) is 12.3 Å². The van der Waals surface area contributed by atoms with Crippen molar-refractivity contribution < 1.29 is 22.4 Å². The molecule has 0 radical (unpaired) electrons. The zero-order chi connectivity index (χ0) is 19.1. The quantitative estimate of drug-likeness (QED) is 0.632. The Morgan fingerprint density at radius 2 is 1.67 bits per heavy atom. The number of hydrogen-bond acceptors (Lipinski definition) is 7. The van der Waals surface area contributed by atoms with Crippen LogP contribution in [0.25, 0.3) is 0 Å². The summed E-state index contributed by atoms with van der Waals surface area (Å²) in [5.41, 5.74) is 0. The predicted molar refractivity (Wildman–Crippen MR) is 96.8 cm³/mol. The van der Waals surface area contributed by atoms with Crippen LogP contribution in [0, 0.1) is 0 Å². The van der Waals surface area contributed by atoms with E-state index in [-0.39, 0.29) is 35.6 Å². The number of rotatable bonds is 8. The van der Waals surface area contributed by atoms with Gasteiger partial charge in [0.05, 0.1) is 10.6 Å². The minimum atomic E-state index is -3.53. The van der Waals surface area contributed by atoms with E-state index < -0.39 is 15.7 Å². The molecule has 9 heteroatoms. The summed E-state index contributed by atoms with van der Waals surface area (Å²) in [6.07, 6.45) is -0.227. The molecular weight excluding hydrogens is 370 g/mol. The van der Waals surface area contributed by atoms with Crippen LogP contribution in [0.4, 0.5) is 6.01 Å². The largest absolute Gasteiger partial charge is 0.484 e. The van der Waals surface area contributed by atoms with Crippen molar-refractivity contribution in [3.8, 4) is 5.75 Å². The van der Waals surface area contributed by atoms with Gasteiger partial charge >= 0.3 is 6.01 Å². The van der Waals surface area contributed by atoms with Gasteiger partial charge in [-0.05, 0) is 24.3 Å². The van der Waals surface area contributed by atoms with Crippen molar-refractivity contribution in [2.45, 2.75) is 17.9 Å². The number of carbonyl (C=O) groups is 1. The first-order chi connectivity index (χ1) is 13.0. The molecule has 0 spiro atoms. The maximum atomic E-state index is 12.2. The van der Waals surface area contributed by atoms with Crippen LogP contribution in [0.5, 0.6) is 5.75 Å². The molecule has 1 N–H and O–H groups in total. The first-order valence-corrected chi connectivity index (χ1v) is 9.76. The number of amides is 1. The van der Waals surface area contributed by atoms with E-state index in [1.54, 1.807) is 30.3 Å². The third kappa shape index (κ3) is 5.38. The van der Waals surface area contributed by atoms with Crippen LogP contribution in [0.15, 0.2) is 70.0 Å². The van der Waals surface area contributed by atoms with E-state index in [1.165, 1.54) is 12.1 Å². The zero-order valence-corrected chi connectivity index (χ0v) is 15.1. The summed E-state index contributed by atoms with van der Waals surface area (Å²) < 4.78 is 35.1. The molecule has 3 aromatic rings. The van der Waals surface area contributed by atoms with Gasteiger partial charge < -0.3 is 9.15 Å². The average Bonchev–Trinajstić information content (AvgIpc) is 3.14. The number of hydrogen-bond donors (Lipinski definition) is 1. The normalized spacial score (nSPS) is 11.1. The van der Waals surface area contributed by atoms with Gasteiger partial charge in [-0.15, -0.1) is 5.10 Å². The number of nitrogens with zero attached hydrogens (tertiary/aromatic N) is 2. The molecule has 0 saturated heterocycles. The highest BCUT2D eigenvalue weighted by Crippen LogP contribution is 2.14. The second-order valence-corrected chi connectivity index (χ2v) is 7.64. The Hall–Kier alpha value is -3.20. The van der Waals surface area contributed by atoms with Gasteiger partial charge in [0.25, 0.3) is 5.89 Å². The Morgan fingerprint density at radius 3 is 2.37 bits per heavy atom. The Bertz CT molecular complexity index is 988. The minimum Gasteiger partial charge on any atom is -0.484 e. The van der Waals surface area contributed by atoms with Gasteiger partial charge in [-0.2, -0.15) is 0 Å². The number of ether oxygens (including phenoxy) is 1. The summed E-state index contributed by atoms with van der Waals surface area (Å²) in [7, 11) is -3.53. The number of carbonyl (C=O) groups excluding carboxylic acids is 1. The lowest BCUT2D eigenvalue weighted by molar-refractivity contribution is -0.116. The Morgan fingerprint density at radius 1 is 1.00 bits per heavy atom. The van der Waals surface area contributed by atoms with Crippen molar-refractivity contribution in [2.75, 3.05) is 11.1 Å². The highest BCUT2D eigenvalue weighted by atomic mass is 32.2. The van der Waals surface area contributed by atoms with Crippen molar-refractivity contribution >= 4 is 21.8 Å². The first-order valence-electron chi connectivity index (χ1n) is 8.11. The van der Waals surface area contributed by atoms with Crippen LogP contribution in [0.3, 0.4) is 0 Å². The monoisotopic (exact) mass is 387 g/mol. The molecule has 0 bridgehead atoms. The molecule has 8 nitrogen and oxygen atoms in total. The third-order valence-electron chi connectivity index (χ3n) is 3.52. The summed E-state index contributed by atoms with van der Waals surface area (Å²) in [4.78, 5) is 12.1. The fourth-order valence-corrected chi connectivity index (χ4v) is 3.44. The van der Waals surface area contributed by atoms with Crippen molar-refractivity contribution in [1.29, 1.82) is 0 Å². The van der Waals surface area contributed by atoms with Gasteiger partial charge in [0.2, 0.25) is 5.91 Å². The number of anilines is 1. The Balaban J connectivity index is 1.49. The summed E-state index contributed by atoms with van der Waals surface area (Å²) >= 11 is 0. The molecule has 0 aliphatic rings. The molecular formula is C18H17N3O5S. The number of sulfone groups is 1. The molecule has 1 amide bonds. The van der Waals surface area contributed by atoms with E-state index in [2.05, 4.69) is 15.5 Å². The molecule has 0 atom stereocenters. The topological polar surface area (TPSA) is 111 Å². The van der Waals surface area contributed by atoms with Crippen molar-refractivity contribution in [3.63, 3.8) is 0 Å². The summed E-state index contributed by atoms with van der Waals surface area (Å²) in [5.74, 6) is -0.0202. The Labute approximate surface area is 156 Å². The van der Waals surface area contributed by atoms with Crippen molar-refractivity contribution in [3.05, 3.63) is 66.6 Å². The first kappa shape index (κ1) is 18.6. The van der Waals surface area contributed by atoms with Gasteiger partial charge in [0.1, 0.15) is 5.75 Å². The van der Waals surface area contributed by atoms with Crippen LogP contribution < -0.4 is 10.1 Å². The Kier molecular flexibility index (Phi) is 5.82. The maximum absolute atomic E-state index is 12.2. The predicted octanol–water partition coefficient (Wildman–Crippen LogP) is 2.45. The van der Waals surface area contributed by atoms with E-state index in [0.717, 1.165) is 0 Å². The molecule has 0 aliphatic heterocycles. The number of benzene rings is 2. The van der Waals surface area contributed by atoms with Crippen LogP contribution in [-0.2, 0) is 21.2 Å². The number of nitrogens with one attached hydrogen (secondary N) is 1. The van der Waals surface area contributed by atoms with E-state index in [4.69, 9.17) is 9.15 Å². The fourth-order valence-electron chi connectivity index (χ4n) is 2.18. The second kappa shape index (κ2) is 8.45. The van der Waals surface area contributed by atoms with Gasteiger partial charge in [0.15, 0.2) is 16.4 Å². The van der Waals surface area contributed by atoms with Gasteiger partial charge in [-0.25, -0.2) is 8.42 Å². The van der Waals surface area contributed by atoms with Gasteiger partial charge in [-0.3, -0.25) is 10.1 Å². The third-order valence-corrected chi connectivity index (χ3v) is 5.25. The van der Waals surface area contributed by atoms with Gasteiger partial charge in [0, 0.05) is 6.42 Å². The number of aromatic nitrogens is 2. The average molecular weight is 387 g/mol. The van der Waals surface area contributed by atoms with Crippen LogP contribution >= 0.6 is 0 Å². The second-order valence-electron chi connectivity index (χ2n) is 5.53. The molecule has 0 saturated carbocycles. The lowest BCUT2D eigenvalue weighted by Crippen LogP contribution is -2.17. The van der Waals surface area contributed by atoms with Crippen molar-refractivity contribution in [1.82, 2.24) is 10.2 Å². The molecule has 1 aromatic heterocycles. The molecule has 3 rings (SSSR count). The van der Waals surface area contributed by atoms with E-state index in [0.29, 0.717) is 5.75 Å². The van der Waals surface area contributed by atoms with E-state index in [9.17, 15) is 13.2 Å². The summed E-state index contributed by atoms with van der Waals surface area (Å²) in [6, 6.07) is 17.0. The molecule has 140 valence electrons. The summed E-state index contributed by atoms with van der Waals surface area (Å²) in [6.45, 7) is 0.0509. The van der Waals surface area contributed by atoms with Crippen LogP contribution in [0.2, 0.25) is 0 Å². The summed E-state index contributed by atoms with van der Waals surface area (Å²) in [5, 5.41) is 9.84. The lowest BCUT2D eigenvalue weighted by atomic mass is 10.3. The lowest BCUT2D eigenvalue weighted by Gasteiger charge is -2.04. The molecule has 27 heavy (non-hydrogen) atoms. The van der Waals surface area contributed by atoms with E-state index >= 15 is 0 Å². The smallest absolute Gasteiger partial charge is 0.322 e. The standard InChI is InChI=1S/C18H17N3O5S/c22-16(11-12-27(23,24)15-9-5-2-6-10-15)19-18-21-20-17(26-18)13-25-14-7-3-1-4-8-14/h1-10H,11-13H2,(H,19,21,22). The molecule has 0 aliphatic carbocycles. The SMILES string of the molecule is O=C(CCS(=O)(=O)c1ccccc1)Nc1nnc(COc2ccccc2)o1. The van der Waals surface area contributed by atoms with Gasteiger partial charge in [-0.1, -0.05) is 41.5 Å². The fraction of sp³-hybridized carbons (Fsp3) is 0.167. The minimum absolute atomic E-state index is 0.0509. The maximum Gasteiger partial charge on any atom is 0.322 e. The highest BCUT2D eigenvalue weighted by Gasteiger charge is 2.17. The molecule has 2 aromatic carbocycles. The molecule has 0 fully saturated rings. The molecule has 0 unspecified atom stereocenters. The number of para-hydroxylation sites is 1. The van der Waals surface area contributed by atoms with E-state index in [1.807, 2.05) is 18.2 Å². The van der Waals surface area contributed by atoms with Crippen LogP contribution in [-0.4, -0.2) is 30.3 Å². The highest BCUT2D eigenvalue weighted by molar-refractivity contribution is 7.91. The molecule has 1 heterocycles. The zero-order valence-electron chi connectivity index (χ0n) is 14.2.